The van der Waals surface area contributed by atoms with Crippen LogP contribution in [0.2, 0.25) is 0 Å². The van der Waals surface area contributed by atoms with E-state index in [1.54, 1.807) is 12.1 Å². The fraction of sp³-hybridized carbons (Fsp3) is 0.667. The molecule has 0 bridgehead atoms. The molecule has 0 saturated heterocycles. The Kier molecular flexibility index (Phi) is 6.97. The average molecular weight is 577 g/mol. The number of hydrogen-bond acceptors (Lipinski definition) is 6. The number of aromatic hydroxyl groups is 2. The predicted octanol–water partition coefficient (Wildman–Crippen LogP) is 5.16. The Balaban J connectivity index is 0.000000137. The summed E-state index contributed by atoms with van der Waals surface area (Å²) in [5, 5.41) is 60.4. The van der Waals surface area contributed by atoms with Gasteiger partial charge >= 0.3 is 0 Å². The van der Waals surface area contributed by atoms with E-state index in [9.17, 15) is 30.6 Å². The number of benzene rings is 2. The zero-order valence-electron chi connectivity index (χ0n) is 25.0. The van der Waals surface area contributed by atoms with E-state index in [-0.39, 0.29) is 10.8 Å². The molecule has 6 aliphatic carbocycles. The van der Waals surface area contributed by atoms with Crippen molar-refractivity contribution in [3.63, 3.8) is 0 Å². The van der Waals surface area contributed by atoms with Crippen LogP contribution in [-0.4, -0.2) is 55.1 Å². The van der Waals surface area contributed by atoms with Crippen molar-refractivity contribution in [3.05, 3.63) is 58.7 Å². The van der Waals surface area contributed by atoms with Crippen LogP contribution in [0.5, 0.6) is 11.5 Å². The maximum atomic E-state index is 10.4. The summed E-state index contributed by atoms with van der Waals surface area (Å²) in [5.74, 6) is 3.75. The Morgan fingerprint density at radius 3 is 1.40 bits per heavy atom. The largest absolute Gasteiger partial charge is 0.508 e. The third-order valence-corrected chi connectivity index (χ3v) is 13.4. The minimum Gasteiger partial charge on any atom is -0.508 e. The molecule has 2 aromatic carbocycles. The van der Waals surface area contributed by atoms with Crippen molar-refractivity contribution in [2.75, 3.05) is 0 Å². The first kappa shape index (κ1) is 28.6. The number of aryl methyl sites for hydroxylation is 2. The molecule has 6 aliphatic rings. The van der Waals surface area contributed by atoms with Gasteiger partial charge in [0.2, 0.25) is 0 Å². The monoisotopic (exact) mass is 576 g/mol. The highest BCUT2D eigenvalue weighted by Gasteiger charge is 2.59. The fourth-order valence-corrected chi connectivity index (χ4v) is 11.1. The van der Waals surface area contributed by atoms with Gasteiger partial charge in [0, 0.05) is 0 Å². The molecule has 2 aromatic rings. The average Bonchev–Trinajstić information content (AvgIpc) is 3.35. The summed E-state index contributed by atoms with van der Waals surface area (Å²) in [7, 11) is 0. The van der Waals surface area contributed by atoms with E-state index >= 15 is 0 Å². The molecular formula is C36H48O6. The Morgan fingerprint density at radius 2 is 1.00 bits per heavy atom. The smallest absolute Gasteiger partial charge is 0.115 e. The molecule has 0 aliphatic heterocycles. The lowest BCUT2D eigenvalue weighted by Crippen LogP contribution is -2.44. The Bertz CT molecular complexity index is 1240. The molecule has 0 radical (unpaired) electrons. The first-order valence-electron chi connectivity index (χ1n) is 16.4. The van der Waals surface area contributed by atoms with E-state index in [1.807, 2.05) is 12.1 Å². The van der Waals surface area contributed by atoms with Crippen molar-refractivity contribution in [1.29, 1.82) is 0 Å². The van der Waals surface area contributed by atoms with E-state index in [0.717, 1.165) is 64.2 Å². The van der Waals surface area contributed by atoms with Gasteiger partial charge in [-0.3, -0.25) is 0 Å². The molecule has 0 amide bonds. The van der Waals surface area contributed by atoms with Gasteiger partial charge < -0.3 is 30.6 Å². The topological polar surface area (TPSA) is 121 Å². The van der Waals surface area contributed by atoms with Crippen LogP contribution in [0.3, 0.4) is 0 Å². The minimum atomic E-state index is -0.565. The SMILES string of the molecule is C[C@]12CC[C@@H]3c4ccc(O)cc4CC[C@H]3[C@@H]1C[C@@H](O)[C@@H]2O.C[C@]12CC[C@@H]3c4ccc(O)cc4CC[C@H]3[C@@H]1C[C@@H](O)[C@@H]2O. The number of rotatable bonds is 0. The fourth-order valence-electron chi connectivity index (χ4n) is 11.1. The van der Waals surface area contributed by atoms with E-state index in [0.29, 0.717) is 47.0 Å². The van der Waals surface area contributed by atoms with E-state index in [4.69, 9.17) is 0 Å². The lowest BCUT2D eigenvalue weighted by molar-refractivity contribution is -0.0505. The standard InChI is InChI=1S/2C18H24O3/c2*1-18-7-6-13-12-5-3-11(19)8-10(12)2-4-14(13)15(18)9-16(20)17(18)21/h2*3,5,8,13-17,19-21H,2,4,6-7,9H2,1H3/t2*13-,14-,15+,16-,17+,18+/m11/s1. The van der Waals surface area contributed by atoms with Gasteiger partial charge in [0.25, 0.3) is 0 Å². The van der Waals surface area contributed by atoms with Crippen molar-refractivity contribution in [3.8, 4) is 11.5 Å². The van der Waals surface area contributed by atoms with Gasteiger partial charge in [0.15, 0.2) is 0 Å². The maximum absolute atomic E-state index is 10.4. The highest BCUT2D eigenvalue weighted by Crippen LogP contribution is 2.62. The highest BCUT2D eigenvalue weighted by atomic mass is 16.3. The number of fused-ring (bicyclic) bond motifs is 10. The first-order chi connectivity index (χ1) is 20.0. The van der Waals surface area contributed by atoms with Crippen molar-refractivity contribution < 1.29 is 30.6 Å². The minimum absolute atomic E-state index is 0.116. The van der Waals surface area contributed by atoms with Crippen molar-refractivity contribution >= 4 is 0 Å². The highest BCUT2D eigenvalue weighted by molar-refractivity contribution is 5.41. The molecular weight excluding hydrogens is 528 g/mol. The molecule has 6 heteroatoms. The van der Waals surface area contributed by atoms with Crippen LogP contribution in [0.1, 0.15) is 99.3 Å². The molecule has 12 atom stereocenters. The van der Waals surface area contributed by atoms with E-state index in [2.05, 4.69) is 26.0 Å². The maximum Gasteiger partial charge on any atom is 0.115 e. The molecule has 42 heavy (non-hydrogen) atoms. The third kappa shape index (κ3) is 4.27. The number of aliphatic hydroxyl groups excluding tert-OH is 4. The van der Waals surface area contributed by atoms with Crippen molar-refractivity contribution in [1.82, 2.24) is 0 Å². The summed E-state index contributed by atoms with van der Waals surface area (Å²) >= 11 is 0. The number of phenols is 2. The summed E-state index contributed by atoms with van der Waals surface area (Å²) in [6.45, 7) is 4.34. The Labute approximate surface area is 249 Å². The van der Waals surface area contributed by atoms with Gasteiger partial charge in [-0.2, -0.15) is 0 Å². The van der Waals surface area contributed by atoms with Crippen LogP contribution in [0.15, 0.2) is 36.4 Å². The number of phenolic OH excluding ortho intramolecular Hbond substituents is 2. The van der Waals surface area contributed by atoms with E-state index in [1.165, 1.54) is 22.3 Å². The molecule has 4 fully saturated rings. The second-order valence-corrected chi connectivity index (χ2v) is 15.2. The first-order valence-corrected chi connectivity index (χ1v) is 16.4. The van der Waals surface area contributed by atoms with Gasteiger partial charge in [-0.1, -0.05) is 26.0 Å². The third-order valence-electron chi connectivity index (χ3n) is 13.4. The molecule has 0 aromatic heterocycles. The van der Waals surface area contributed by atoms with Crippen LogP contribution < -0.4 is 0 Å². The summed E-state index contributed by atoms with van der Waals surface area (Å²) in [4.78, 5) is 0. The van der Waals surface area contributed by atoms with Gasteiger partial charge in [0.1, 0.15) is 11.5 Å². The lowest BCUT2D eigenvalue weighted by atomic mass is 9.55. The molecule has 4 saturated carbocycles. The number of aliphatic hydroxyl groups is 4. The number of hydrogen-bond donors (Lipinski definition) is 6. The molecule has 0 spiro atoms. The molecule has 0 heterocycles. The summed E-state index contributed by atoms with van der Waals surface area (Å²) in [6, 6.07) is 11.6. The quantitative estimate of drug-likeness (QED) is 0.258. The Hall–Kier alpha value is -2.12. The van der Waals surface area contributed by atoms with Crippen LogP contribution >= 0.6 is 0 Å². The second-order valence-electron chi connectivity index (χ2n) is 15.2. The molecule has 6 nitrogen and oxygen atoms in total. The van der Waals surface area contributed by atoms with Crippen LogP contribution in [0, 0.1) is 34.5 Å². The zero-order valence-corrected chi connectivity index (χ0v) is 25.0. The molecule has 0 unspecified atom stereocenters. The molecule has 8 rings (SSSR count). The summed E-state index contributed by atoms with van der Waals surface area (Å²) < 4.78 is 0. The van der Waals surface area contributed by atoms with Crippen LogP contribution in [0.4, 0.5) is 0 Å². The summed E-state index contributed by atoms with van der Waals surface area (Å²) in [5.41, 5.74) is 5.13. The van der Waals surface area contributed by atoms with Gasteiger partial charge in [-0.25, -0.2) is 0 Å². The summed E-state index contributed by atoms with van der Waals surface area (Å²) in [6.07, 6.45) is 7.61. The van der Waals surface area contributed by atoms with Crippen molar-refractivity contribution in [2.45, 2.75) is 114 Å². The zero-order chi connectivity index (χ0) is 29.6. The van der Waals surface area contributed by atoms with Gasteiger partial charge in [0.05, 0.1) is 24.4 Å². The van der Waals surface area contributed by atoms with Gasteiger partial charge in [-0.05, 0) is 157 Å². The Morgan fingerprint density at radius 1 is 0.595 bits per heavy atom. The lowest BCUT2D eigenvalue weighted by Gasteiger charge is -2.49. The van der Waals surface area contributed by atoms with Crippen molar-refractivity contribution in [2.24, 2.45) is 34.5 Å². The second kappa shape index (κ2) is 10.2. The molecule has 6 N–H and O–H groups in total. The van der Waals surface area contributed by atoms with Gasteiger partial charge in [-0.15, -0.1) is 0 Å². The van der Waals surface area contributed by atoms with E-state index < -0.39 is 24.4 Å². The molecule has 228 valence electrons. The predicted molar refractivity (Wildman–Crippen MR) is 160 cm³/mol. The normalized spacial score (nSPS) is 44.8. The van der Waals surface area contributed by atoms with Crippen LogP contribution in [0.25, 0.3) is 0 Å². The van der Waals surface area contributed by atoms with Crippen LogP contribution in [-0.2, 0) is 12.8 Å².